The highest BCUT2D eigenvalue weighted by Crippen LogP contribution is 2.17. The van der Waals surface area contributed by atoms with Crippen molar-refractivity contribution in [2.75, 3.05) is 20.3 Å². The first-order chi connectivity index (χ1) is 10.3. The topological polar surface area (TPSA) is 68.2 Å². The quantitative estimate of drug-likeness (QED) is 0.704. The van der Waals surface area contributed by atoms with Gasteiger partial charge in [-0.2, -0.15) is 0 Å². The Labute approximate surface area is 126 Å². The van der Waals surface area contributed by atoms with Crippen molar-refractivity contribution in [2.45, 2.75) is 51.2 Å². The molecule has 0 radical (unpaired) electrons. The zero-order valence-electron chi connectivity index (χ0n) is 12.8. The number of carbonyl (C=O) groups is 1. The van der Waals surface area contributed by atoms with Crippen LogP contribution in [-0.2, 0) is 22.6 Å². The Morgan fingerprint density at radius 2 is 2.24 bits per heavy atom. The molecule has 21 heavy (non-hydrogen) atoms. The smallest absolute Gasteiger partial charge is 0.240 e. The number of carbonyl (C=O) groups excluding carboxylic acids is 1. The molecule has 1 heterocycles. The maximum absolute atomic E-state index is 12.1. The molecule has 1 amide bonds. The molecule has 2 rings (SSSR count). The second-order valence-electron chi connectivity index (χ2n) is 5.54. The van der Waals surface area contributed by atoms with Gasteiger partial charge in [0.2, 0.25) is 5.91 Å². The number of ether oxygens (including phenoxy) is 1. The molecule has 0 saturated heterocycles. The Bertz CT molecular complexity index is 427. The molecule has 118 valence electrons. The van der Waals surface area contributed by atoms with Gasteiger partial charge in [-0.1, -0.05) is 19.3 Å². The lowest BCUT2D eigenvalue weighted by molar-refractivity contribution is -0.122. The molecule has 6 nitrogen and oxygen atoms in total. The lowest BCUT2D eigenvalue weighted by atomic mass is 9.95. The predicted molar refractivity (Wildman–Crippen MR) is 80.8 cm³/mol. The third kappa shape index (κ3) is 5.47. The number of rotatable bonds is 8. The van der Waals surface area contributed by atoms with Gasteiger partial charge in [-0.05, 0) is 12.8 Å². The zero-order valence-corrected chi connectivity index (χ0v) is 12.8. The fourth-order valence-corrected chi connectivity index (χ4v) is 2.70. The van der Waals surface area contributed by atoms with Crippen LogP contribution in [0.4, 0.5) is 0 Å². The third-order valence-corrected chi connectivity index (χ3v) is 3.85. The summed E-state index contributed by atoms with van der Waals surface area (Å²) in [5.74, 6) is 0.961. The van der Waals surface area contributed by atoms with Gasteiger partial charge < -0.3 is 19.9 Å². The first-order valence-electron chi connectivity index (χ1n) is 7.78. The van der Waals surface area contributed by atoms with Crippen molar-refractivity contribution in [3.63, 3.8) is 0 Å². The van der Waals surface area contributed by atoms with Crippen LogP contribution >= 0.6 is 0 Å². The molecule has 0 aliphatic heterocycles. The molecule has 1 fully saturated rings. The van der Waals surface area contributed by atoms with E-state index in [4.69, 9.17) is 4.74 Å². The molecule has 0 aromatic carbocycles. The fraction of sp³-hybridized carbons (Fsp3) is 0.733. The van der Waals surface area contributed by atoms with Crippen LogP contribution in [0.15, 0.2) is 12.4 Å². The van der Waals surface area contributed by atoms with Gasteiger partial charge in [0.15, 0.2) is 0 Å². The average Bonchev–Trinajstić information content (AvgIpc) is 2.92. The highest BCUT2D eigenvalue weighted by Gasteiger charge is 2.16. The van der Waals surface area contributed by atoms with E-state index in [2.05, 4.69) is 15.6 Å². The van der Waals surface area contributed by atoms with Gasteiger partial charge in [0.1, 0.15) is 12.4 Å². The second-order valence-corrected chi connectivity index (χ2v) is 5.54. The Morgan fingerprint density at radius 1 is 1.43 bits per heavy atom. The van der Waals surface area contributed by atoms with Crippen LogP contribution in [0.25, 0.3) is 0 Å². The minimum Gasteiger partial charge on any atom is -0.383 e. The van der Waals surface area contributed by atoms with Gasteiger partial charge in [-0.15, -0.1) is 0 Å². The molecular weight excluding hydrogens is 268 g/mol. The van der Waals surface area contributed by atoms with E-state index in [-0.39, 0.29) is 5.91 Å². The molecule has 0 bridgehead atoms. The summed E-state index contributed by atoms with van der Waals surface area (Å²) in [7, 11) is 1.68. The highest BCUT2D eigenvalue weighted by molar-refractivity contribution is 5.76. The molecule has 1 aromatic heterocycles. The largest absolute Gasteiger partial charge is 0.383 e. The van der Waals surface area contributed by atoms with Crippen LogP contribution in [0.1, 0.15) is 37.9 Å². The van der Waals surface area contributed by atoms with E-state index >= 15 is 0 Å². The Hall–Kier alpha value is -1.40. The number of nitrogens with zero attached hydrogens (tertiary/aromatic N) is 2. The minimum atomic E-state index is 0.0815. The molecule has 1 aliphatic rings. The van der Waals surface area contributed by atoms with E-state index in [0.717, 1.165) is 25.2 Å². The molecule has 0 atom stereocenters. The number of hydrogen-bond acceptors (Lipinski definition) is 4. The number of methoxy groups -OCH3 is 1. The van der Waals surface area contributed by atoms with E-state index < -0.39 is 0 Å². The summed E-state index contributed by atoms with van der Waals surface area (Å²) in [5.41, 5.74) is 0. The van der Waals surface area contributed by atoms with Crippen molar-refractivity contribution >= 4 is 5.91 Å². The molecule has 1 saturated carbocycles. The third-order valence-electron chi connectivity index (χ3n) is 3.85. The normalized spacial score (nSPS) is 16.0. The first-order valence-corrected chi connectivity index (χ1v) is 7.78. The van der Waals surface area contributed by atoms with Crippen LogP contribution in [-0.4, -0.2) is 41.8 Å². The van der Waals surface area contributed by atoms with E-state index in [1.807, 2.05) is 10.8 Å². The summed E-state index contributed by atoms with van der Waals surface area (Å²) in [6.45, 7) is 2.44. The highest BCUT2D eigenvalue weighted by atomic mass is 16.5. The van der Waals surface area contributed by atoms with Gasteiger partial charge in [-0.25, -0.2) is 4.98 Å². The molecule has 1 aliphatic carbocycles. The van der Waals surface area contributed by atoms with Crippen molar-refractivity contribution in [1.82, 2.24) is 20.2 Å². The fourth-order valence-electron chi connectivity index (χ4n) is 2.70. The number of aromatic nitrogens is 2. The SMILES string of the molecule is COCCNCc1nccn1CC(=O)NC1CCCCC1. The monoisotopic (exact) mass is 294 g/mol. The van der Waals surface area contributed by atoms with Gasteiger partial charge in [-0.3, -0.25) is 4.79 Å². The van der Waals surface area contributed by atoms with E-state index in [0.29, 0.717) is 25.7 Å². The number of imidazole rings is 1. The van der Waals surface area contributed by atoms with E-state index in [1.54, 1.807) is 13.3 Å². The van der Waals surface area contributed by atoms with Crippen molar-refractivity contribution in [1.29, 1.82) is 0 Å². The van der Waals surface area contributed by atoms with Crippen LogP contribution in [0, 0.1) is 0 Å². The molecular formula is C15H26N4O2. The molecule has 0 spiro atoms. The Balaban J connectivity index is 1.76. The second kappa shape index (κ2) is 8.79. The van der Waals surface area contributed by atoms with Crippen molar-refractivity contribution < 1.29 is 9.53 Å². The van der Waals surface area contributed by atoms with Crippen molar-refractivity contribution in [2.24, 2.45) is 0 Å². The van der Waals surface area contributed by atoms with Gasteiger partial charge in [0.25, 0.3) is 0 Å². The first kappa shape index (κ1) is 16.0. The average molecular weight is 294 g/mol. The van der Waals surface area contributed by atoms with Crippen molar-refractivity contribution in [3.05, 3.63) is 18.2 Å². The van der Waals surface area contributed by atoms with Crippen molar-refractivity contribution in [3.8, 4) is 0 Å². The number of nitrogens with one attached hydrogen (secondary N) is 2. The zero-order chi connectivity index (χ0) is 14.9. The van der Waals surface area contributed by atoms with Gasteiger partial charge in [0, 0.05) is 32.1 Å². The standard InChI is InChI=1S/C15H26N4O2/c1-21-10-8-16-11-14-17-7-9-19(14)12-15(20)18-13-5-3-2-4-6-13/h7,9,13,16H,2-6,8,10-12H2,1H3,(H,18,20). The van der Waals surface area contributed by atoms with Gasteiger partial charge >= 0.3 is 0 Å². The summed E-state index contributed by atoms with van der Waals surface area (Å²) >= 11 is 0. The summed E-state index contributed by atoms with van der Waals surface area (Å²) in [6, 6.07) is 0.359. The molecule has 1 aromatic rings. The Morgan fingerprint density at radius 3 is 3.00 bits per heavy atom. The lowest BCUT2D eigenvalue weighted by Crippen LogP contribution is -2.38. The predicted octanol–water partition coefficient (Wildman–Crippen LogP) is 1.07. The summed E-state index contributed by atoms with van der Waals surface area (Å²) < 4.78 is 6.89. The number of amides is 1. The summed E-state index contributed by atoms with van der Waals surface area (Å²) in [6.07, 6.45) is 9.57. The Kier molecular flexibility index (Phi) is 6.69. The summed E-state index contributed by atoms with van der Waals surface area (Å²) in [4.78, 5) is 16.4. The maximum Gasteiger partial charge on any atom is 0.240 e. The number of hydrogen-bond donors (Lipinski definition) is 2. The van der Waals surface area contributed by atoms with Crippen LogP contribution in [0.2, 0.25) is 0 Å². The van der Waals surface area contributed by atoms with Crippen LogP contribution in [0.3, 0.4) is 0 Å². The van der Waals surface area contributed by atoms with Gasteiger partial charge in [0.05, 0.1) is 13.2 Å². The molecule has 0 unspecified atom stereocenters. The van der Waals surface area contributed by atoms with E-state index in [1.165, 1.54) is 19.3 Å². The molecule has 6 heteroatoms. The van der Waals surface area contributed by atoms with Crippen LogP contribution < -0.4 is 10.6 Å². The summed E-state index contributed by atoms with van der Waals surface area (Å²) in [5, 5.41) is 6.38. The van der Waals surface area contributed by atoms with E-state index in [9.17, 15) is 4.79 Å². The lowest BCUT2D eigenvalue weighted by Gasteiger charge is -2.23. The minimum absolute atomic E-state index is 0.0815. The van der Waals surface area contributed by atoms with Crippen LogP contribution in [0.5, 0.6) is 0 Å². The maximum atomic E-state index is 12.1. The molecule has 2 N–H and O–H groups in total.